The van der Waals surface area contributed by atoms with Gasteiger partial charge in [0, 0.05) is 6.04 Å². The summed E-state index contributed by atoms with van der Waals surface area (Å²) in [7, 11) is 0. The van der Waals surface area contributed by atoms with Crippen LogP contribution >= 0.6 is 0 Å². The van der Waals surface area contributed by atoms with Gasteiger partial charge >= 0.3 is 0 Å². The lowest BCUT2D eigenvalue weighted by Crippen LogP contribution is -2.36. The molecule has 1 fully saturated rings. The second kappa shape index (κ2) is 8.08. The fourth-order valence-electron chi connectivity index (χ4n) is 2.71. The highest BCUT2D eigenvalue weighted by Crippen LogP contribution is 2.21. The summed E-state index contributed by atoms with van der Waals surface area (Å²) in [5, 5.41) is 3.43. The van der Waals surface area contributed by atoms with Gasteiger partial charge in [0.25, 0.3) is 0 Å². The first-order valence-corrected chi connectivity index (χ1v) is 7.22. The van der Waals surface area contributed by atoms with Gasteiger partial charge in [-0.05, 0) is 64.7 Å². The molecule has 0 saturated carbocycles. The first-order valence-electron chi connectivity index (χ1n) is 7.22. The van der Waals surface area contributed by atoms with Gasteiger partial charge < -0.3 is 10.2 Å². The fraction of sp³-hybridized carbons (Fsp3) is 1.00. The Balaban J connectivity index is 2.24. The Hall–Kier alpha value is -0.0800. The predicted octanol–water partition coefficient (Wildman–Crippen LogP) is 2.89. The molecule has 2 unspecified atom stereocenters. The zero-order chi connectivity index (χ0) is 11.8. The molecule has 0 aliphatic carbocycles. The topological polar surface area (TPSA) is 15.3 Å². The van der Waals surface area contributed by atoms with Crippen molar-refractivity contribution in [1.29, 1.82) is 0 Å². The molecule has 0 bridgehead atoms. The maximum Gasteiger partial charge on any atom is 0.00790 e. The Morgan fingerprint density at radius 3 is 2.75 bits per heavy atom. The number of nitrogens with one attached hydrogen (secondary N) is 1. The third-order valence-corrected chi connectivity index (χ3v) is 4.07. The minimum atomic E-state index is 0.759. The largest absolute Gasteiger partial charge is 0.317 e. The molecule has 1 heterocycles. The molecule has 1 saturated heterocycles. The van der Waals surface area contributed by atoms with Crippen LogP contribution in [0.5, 0.6) is 0 Å². The Morgan fingerprint density at radius 2 is 2.06 bits per heavy atom. The van der Waals surface area contributed by atoms with E-state index >= 15 is 0 Å². The number of nitrogens with zero attached hydrogens (tertiary/aromatic N) is 1. The van der Waals surface area contributed by atoms with E-state index in [9.17, 15) is 0 Å². The van der Waals surface area contributed by atoms with Gasteiger partial charge in [0.15, 0.2) is 0 Å². The highest BCUT2D eigenvalue weighted by Gasteiger charge is 2.19. The van der Waals surface area contributed by atoms with Crippen molar-refractivity contribution in [2.75, 3.05) is 26.2 Å². The molecule has 0 radical (unpaired) electrons. The van der Waals surface area contributed by atoms with Crippen molar-refractivity contribution in [3.63, 3.8) is 0 Å². The van der Waals surface area contributed by atoms with Crippen LogP contribution in [0.3, 0.4) is 0 Å². The quantitative estimate of drug-likeness (QED) is 0.701. The third-order valence-electron chi connectivity index (χ3n) is 4.07. The summed E-state index contributed by atoms with van der Waals surface area (Å²) >= 11 is 0. The molecule has 0 aromatic carbocycles. The van der Waals surface area contributed by atoms with E-state index in [0.29, 0.717) is 0 Å². The van der Waals surface area contributed by atoms with Gasteiger partial charge in [-0.3, -0.25) is 0 Å². The summed E-state index contributed by atoms with van der Waals surface area (Å²) < 4.78 is 0. The van der Waals surface area contributed by atoms with Gasteiger partial charge in [0.05, 0.1) is 0 Å². The van der Waals surface area contributed by atoms with Crippen molar-refractivity contribution >= 4 is 0 Å². The normalized spacial score (nSPS) is 25.3. The summed E-state index contributed by atoms with van der Waals surface area (Å²) in [6, 6.07) is 0.759. The lowest BCUT2D eigenvalue weighted by molar-refractivity contribution is 0.204. The summed E-state index contributed by atoms with van der Waals surface area (Å²) in [6.45, 7) is 11.8. The van der Waals surface area contributed by atoms with Crippen LogP contribution in [0.4, 0.5) is 0 Å². The number of rotatable bonds is 6. The highest BCUT2D eigenvalue weighted by atomic mass is 15.1. The SMILES string of the molecule is CCNCCC(C)N1CCCC(CC)CC1. The summed E-state index contributed by atoms with van der Waals surface area (Å²) in [5.41, 5.74) is 0. The van der Waals surface area contributed by atoms with Crippen molar-refractivity contribution in [3.05, 3.63) is 0 Å². The standard InChI is InChI=1S/C14H30N2/c1-4-14-7-6-11-16(12-9-14)13(3)8-10-15-5-2/h13-15H,4-12H2,1-3H3. The molecular formula is C14H30N2. The van der Waals surface area contributed by atoms with Gasteiger partial charge in [-0.2, -0.15) is 0 Å². The number of hydrogen-bond acceptors (Lipinski definition) is 2. The van der Waals surface area contributed by atoms with Crippen LogP contribution in [0.1, 0.15) is 52.9 Å². The molecule has 1 aliphatic heterocycles. The number of likely N-dealkylation sites (tertiary alicyclic amines) is 1. The molecule has 2 heteroatoms. The van der Waals surface area contributed by atoms with E-state index in [-0.39, 0.29) is 0 Å². The lowest BCUT2D eigenvalue weighted by atomic mass is 9.98. The first kappa shape index (κ1) is 14.0. The molecule has 96 valence electrons. The minimum absolute atomic E-state index is 0.759. The average molecular weight is 226 g/mol. The first-order chi connectivity index (χ1) is 7.77. The number of hydrogen-bond donors (Lipinski definition) is 1. The maximum atomic E-state index is 3.43. The van der Waals surface area contributed by atoms with Crippen LogP contribution in [0.25, 0.3) is 0 Å². The van der Waals surface area contributed by atoms with E-state index in [0.717, 1.165) is 18.5 Å². The molecular weight excluding hydrogens is 196 g/mol. The van der Waals surface area contributed by atoms with Crippen molar-refractivity contribution in [1.82, 2.24) is 10.2 Å². The van der Waals surface area contributed by atoms with E-state index < -0.39 is 0 Å². The highest BCUT2D eigenvalue weighted by molar-refractivity contribution is 4.74. The molecule has 0 amide bonds. The van der Waals surface area contributed by atoms with Crippen LogP contribution in [-0.2, 0) is 0 Å². The van der Waals surface area contributed by atoms with Crippen molar-refractivity contribution in [2.45, 2.75) is 58.9 Å². The van der Waals surface area contributed by atoms with E-state index in [4.69, 9.17) is 0 Å². The van der Waals surface area contributed by atoms with E-state index in [2.05, 4.69) is 31.0 Å². The average Bonchev–Trinajstić information content (AvgIpc) is 2.54. The fourth-order valence-corrected chi connectivity index (χ4v) is 2.71. The van der Waals surface area contributed by atoms with E-state index in [1.807, 2.05) is 0 Å². The van der Waals surface area contributed by atoms with Crippen LogP contribution < -0.4 is 5.32 Å². The molecule has 2 atom stereocenters. The molecule has 16 heavy (non-hydrogen) atoms. The van der Waals surface area contributed by atoms with Gasteiger partial charge in [0.1, 0.15) is 0 Å². The Kier molecular flexibility index (Phi) is 7.06. The second-order valence-corrected chi connectivity index (χ2v) is 5.23. The third kappa shape index (κ3) is 4.84. The predicted molar refractivity (Wildman–Crippen MR) is 71.8 cm³/mol. The molecule has 1 rings (SSSR count). The summed E-state index contributed by atoms with van der Waals surface area (Å²) in [5.74, 6) is 0.992. The molecule has 1 N–H and O–H groups in total. The van der Waals surface area contributed by atoms with Crippen molar-refractivity contribution < 1.29 is 0 Å². The van der Waals surface area contributed by atoms with Gasteiger partial charge in [0.2, 0.25) is 0 Å². The Bertz CT molecular complexity index is 170. The molecule has 0 spiro atoms. The molecule has 0 aromatic heterocycles. The lowest BCUT2D eigenvalue weighted by Gasteiger charge is -2.27. The van der Waals surface area contributed by atoms with Crippen LogP contribution in [0, 0.1) is 5.92 Å². The molecule has 1 aliphatic rings. The van der Waals surface area contributed by atoms with Crippen molar-refractivity contribution in [3.8, 4) is 0 Å². The van der Waals surface area contributed by atoms with E-state index in [1.54, 1.807) is 0 Å². The van der Waals surface area contributed by atoms with Gasteiger partial charge in [-0.15, -0.1) is 0 Å². The van der Waals surface area contributed by atoms with E-state index in [1.165, 1.54) is 51.7 Å². The molecule has 2 nitrogen and oxygen atoms in total. The van der Waals surface area contributed by atoms with Gasteiger partial charge in [-0.25, -0.2) is 0 Å². The maximum absolute atomic E-state index is 3.43. The zero-order valence-corrected chi connectivity index (χ0v) is 11.5. The Labute approximate surface area is 102 Å². The van der Waals surface area contributed by atoms with Gasteiger partial charge in [-0.1, -0.05) is 20.3 Å². The minimum Gasteiger partial charge on any atom is -0.317 e. The van der Waals surface area contributed by atoms with Crippen LogP contribution in [0.2, 0.25) is 0 Å². The second-order valence-electron chi connectivity index (χ2n) is 5.23. The molecule has 0 aromatic rings. The van der Waals surface area contributed by atoms with Crippen LogP contribution in [-0.4, -0.2) is 37.1 Å². The zero-order valence-electron chi connectivity index (χ0n) is 11.5. The smallest absolute Gasteiger partial charge is 0.00790 e. The van der Waals surface area contributed by atoms with Crippen LogP contribution in [0.15, 0.2) is 0 Å². The monoisotopic (exact) mass is 226 g/mol. The Morgan fingerprint density at radius 1 is 1.25 bits per heavy atom. The summed E-state index contributed by atoms with van der Waals surface area (Å²) in [6.07, 6.45) is 6.95. The summed E-state index contributed by atoms with van der Waals surface area (Å²) in [4.78, 5) is 2.70. The van der Waals surface area contributed by atoms with Crippen molar-refractivity contribution in [2.24, 2.45) is 5.92 Å².